The Morgan fingerprint density at radius 1 is 1.88 bits per heavy atom. The highest BCUT2D eigenvalue weighted by molar-refractivity contribution is 6.64. The van der Waals surface area contributed by atoms with Crippen LogP contribution < -0.4 is 0 Å². The molecular weight excluding hydrogens is 124 g/mol. The maximum atomic E-state index is 10.8. The molecule has 0 bridgehead atoms. The molecule has 1 fully saturated rings. The highest BCUT2D eigenvalue weighted by Crippen LogP contribution is 2.41. The van der Waals surface area contributed by atoms with Crippen molar-refractivity contribution < 1.29 is 8.91 Å². The topological polar surface area (TPSA) is 17.1 Å². The third kappa shape index (κ3) is 0.752. The number of rotatable bonds is 1. The molecule has 0 atom stereocenters. The molecule has 0 amide bonds. The molecule has 0 saturated heterocycles. The van der Waals surface area contributed by atoms with Crippen LogP contribution >= 0.6 is 11.6 Å². The largest absolute Gasteiger partial charge is 0.281 e. The van der Waals surface area contributed by atoms with Gasteiger partial charge in [0, 0.05) is 9.53 Å². The summed E-state index contributed by atoms with van der Waals surface area (Å²) in [5.74, 6) is 0. The van der Waals surface area contributed by atoms with Crippen molar-refractivity contribution >= 4 is 16.8 Å². The number of halogens is 1. The van der Waals surface area contributed by atoms with E-state index in [1.807, 2.05) is 0 Å². The molecule has 1 aliphatic rings. The summed E-state index contributed by atoms with van der Waals surface area (Å²) in [4.78, 5) is 10.8. The zero-order chi connectivity index (χ0) is 8.70. The maximum absolute atomic E-state index is 10.8. The van der Waals surface area contributed by atoms with Gasteiger partial charge in [0.25, 0.3) is 0 Å². The lowest BCUT2D eigenvalue weighted by atomic mass is 9.72. The third-order valence-corrected chi connectivity index (χ3v) is 1.95. The number of hydrogen-bond donors (Lipinski definition) is 0. The molecule has 8 heavy (non-hydrogen) atoms. The molecule has 0 N–H and O–H groups in total. The SMILES string of the molecule is [2H]C([2H])([2H])C1(C(=O)Cl)CCC1. The summed E-state index contributed by atoms with van der Waals surface area (Å²) in [5.41, 5.74) is -1.21. The van der Waals surface area contributed by atoms with Gasteiger partial charge in [0.15, 0.2) is 0 Å². The van der Waals surface area contributed by atoms with Crippen molar-refractivity contribution in [3.8, 4) is 0 Å². The molecule has 0 aromatic carbocycles. The van der Waals surface area contributed by atoms with Crippen LogP contribution in [0.2, 0.25) is 0 Å². The summed E-state index contributed by atoms with van der Waals surface area (Å²) >= 11 is 5.22. The molecule has 1 nitrogen and oxygen atoms in total. The van der Waals surface area contributed by atoms with E-state index in [1.54, 1.807) is 0 Å². The van der Waals surface area contributed by atoms with Crippen LogP contribution in [0.1, 0.15) is 30.2 Å². The van der Waals surface area contributed by atoms with Crippen molar-refractivity contribution in [2.24, 2.45) is 5.41 Å². The van der Waals surface area contributed by atoms with Crippen molar-refractivity contribution in [1.82, 2.24) is 0 Å². The predicted molar refractivity (Wildman–Crippen MR) is 32.8 cm³/mol. The molecule has 0 radical (unpaired) electrons. The molecular formula is C6H9ClO. The van der Waals surface area contributed by atoms with Crippen LogP contribution in [0.5, 0.6) is 0 Å². The maximum Gasteiger partial charge on any atom is 0.227 e. The second kappa shape index (κ2) is 1.73. The predicted octanol–water partition coefficient (Wildman–Crippen LogP) is 1.94. The zero-order valence-corrected chi connectivity index (χ0v) is 5.16. The summed E-state index contributed by atoms with van der Waals surface area (Å²) in [6, 6.07) is 0. The van der Waals surface area contributed by atoms with Gasteiger partial charge in [-0.05, 0) is 24.4 Å². The normalized spacial score (nSPS) is 31.4. The lowest BCUT2D eigenvalue weighted by Gasteiger charge is -2.33. The van der Waals surface area contributed by atoms with E-state index in [2.05, 4.69) is 0 Å². The Kier molecular flexibility index (Phi) is 0.694. The molecule has 0 aromatic heterocycles. The summed E-state index contributed by atoms with van der Waals surface area (Å²) in [6.45, 7) is -2.22. The molecule has 1 saturated carbocycles. The highest BCUT2D eigenvalue weighted by Gasteiger charge is 2.37. The Morgan fingerprint density at radius 2 is 2.50 bits per heavy atom. The van der Waals surface area contributed by atoms with E-state index < -0.39 is 17.5 Å². The standard InChI is InChI=1S/C6H9ClO/c1-6(5(7)8)3-2-4-6/h2-4H2,1H3/i1D3. The lowest BCUT2D eigenvalue weighted by Crippen LogP contribution is -2.31. The average Bonchev–Trinajstić information content (AvgIpc) is 1.52. The van der Waals surface area contributed by atoms with E-state index in [9.17, 15) is 4.79 Å². The molecule has 0 spiro atoms. The minimum absolute atomic E-state index is 0.409. The second-order valence-corrected chi connectivity index (χ2v) is 2.55. The fourth-order valence-corrected chi connectivity index (χ4v) is 0.916. The van der Waals surface area contributed by atoms with Gasteiger partial charge in [-0.25, -0.2) is 0 Å². The first-order valence-corrected chi connectivity index (χ1v) is 2.98. The summed E-state index contributed by atoms with van der Waals surface area (Å²) in [7, 11) is 0. The first-order valence-electron chi connectivity index (χ1n) is 4.10. The van der Waals surface area contributed by atoms with E-state index in [4.69, 9.17) is 15.7 Å². The van der Waals surface area contributed by atoms with Crippen LogP contribution in [0.4, 0.5) is 0 Å². The van der Waals surface area contributed by atoms with E-state index in [1.165, 1.54) is 0 Å². The van der Waals surface area contributed by atoms with Gasteiger partial charge in [-0.15, -0.1) is 0 Å². The van der Waals surface area contributed by atoms with Crippen molar-refractivity contribution in [1.29, 1.82) is 0 Å². The van der Waals surface area contributed by atoms with E-state index in [0.717, 1.165) is 6.42 Å². The molecule has 0 unspecified atom stereocenters. The van der Waals surface area contributed by atoms with Gasteiger partial charge in [0.1, 0.15) is 0 Å². The monoisotopic (exact) mass is 135 g/mol. The minimum atomic E-state index is -2.22. The fraction of sp³-hybridized carbons (Fsp3) is 0.833. The second-order valence-electron chi connectivity index (χ2n) is 2.21. The average molecular weight is 136 g/mol. The zero-order valence-electron chi connectivity index (χ0n) is 7.41. The van der Waals surface area contributed by atoms with Gasteiger partial charge in [0.05, 0.1) is 0 Å². The van der Waals surface area contributed by atoms with E-state index >= 15 is 0 Å². The van der Waals surface area contributed by atoms with E-state index in [-0.39, 0.29) is 0 Å². The molecule has 1 rings (SSSR count). The quantitative estimate of drug-likeness (QED) is 0.503. The van der Waals surface area contributed by atoms with Crippen molar-refractivity contribution in [2.75, 3.05) is 0 Å². The molecule has 1 aliphatic carbocycles. The minimum Gasteiger partial charge on any atom is -0.281 e. The Balaban J connectivity index is 2.85. The van der Waals surface area contributed by atoms with Crippen LogP contribution in [0, 0.1) is 5.41 Å². The van der Waals surface area contributed by atoms with Gasteiger partial charge in [-0.1, -0.05) is 13.3 Å². The van der Waals surface area contributed by atoms with Crippen LogP contribution in [0.25, 0.3) is 0 Å². The Morgan fingerprint density at radius 3 is 2.50 bits per heavy atom. The first kappa shape index (κ1) is 3.21. The molecule has 2 heteroatoms. The number of carbonyl (C=O) groups excluding carboxylic acids is 1. The Labute approximate surface area is 58.2 Å². The number of hydrogen-bond acceptors (Lipinski definition) is 1. The van der Waals surface area contributed by atoms with E-state index in [0.29, 0.717) is 12.8 Å². The summed E-state index contributed by atoms with van der Waals surface area (Å²) < 4.78 is 21.3. The number of carbonyl (C=O) groups is 1. The van der Waals surface area contributed by atoms with Gasteiger partial charge in [0.2, 0.25) is 5.24 Å². The summed E-state index contributed by atoms with van der Waals surface area (Å²) in [6.07, 6.45) is 1.61. The van der Waals surface area contributed by atoms with Gasteiger partial charge < -0.3 is 0 Å². The van der Waals surface area contributed by atoms with Crippen LogP contribution in [-0.4, -0.2) is 5.24 Å². The third-order valence-electron chi connectivity index (χ3n) is 1.58. The summed E-state index contributed by atoms with van der Waals surface area (Å²) in [5, 5.41) is -0.705. The Bertz CT molecular complexity index is 183. The van der Waals surface area contributed by atoms with Gasteiger partial charge in [-0.3, -0.25) is 4.79 Å². The highest BCUT2D eigenvalue weighted by atomic mass is 35.5. The molecule has 0 aliphatic heterocycles. The lowest BCUT2D eigenvalue weighted by molar-refractivity contribution is -0.123. The van der Waals surface area contributed by atoms with Gasteiger partial charge >= 0.3 is 0 Å². The van der Waals surface area contributed by atoms with Crippen LogP contribution in [0.15, 0.2) is 0 Å². The van der Waals surface area contributed by atoms with Crippen molar-refractivity contribution in [3.05, 3.63) is 0 Å². The first-order chi connectivity index (χ1) is 4.90. The van der Waals surface area contributed by atoms with Gasteiger partial charge in [-0.2, -0.15) is 0 Å². The molecule has 46 valence electrons. The van der Waals surface area contributed by atoms with Crippen molar-refractivity contribution in [2.45, 2.75) is 26.1 Å². The molecule has 0 heterocycles. The van der Waals surface area contributed by atoms with Crippen LogP contribution in [-0.2, 0) is 4.79 Å². The Hall–Kier alpha value is -0.0400. The molecule has 0 aromatic rings. The fourth-order valence-electron chi connectivity index (χ4n) is 0.727. The smallest absolute Gasteiger partial charge is 0.227 e. The van der Waals surface area contributed by atoms with Crippen molar-refractivity contribution in [3.63, 3.8) is 0 Å². The van der Waals surface area contributed by atoms with Crippen LogP contribution in [0.3, 0.4) is 0 Å².